The van der Waals surface area contributed by atoms with E-state index >= 15 is 0 Å². The zero-order valence-corrected chi connectivity index (χ0v) is 46.1. The Morgan fingerprint density at radius 3 is 2.07 bits per heavy atom. The number of hydrogen-bond donors (Lipinski definition) is 0. The molecule has 1 radical (unpaired) electrons. The third kappa shape index (κ3) is 9.95. The number of aromatic nitrogens is 3. The number of fused-ring (bicyclic) bond motifs is 7. The van der Waals surface area contributed by atoms with Crippen LogP contribution in [0.25, 0.3) is 82.8 Å². The summed E-state index contributed by atoms with van der Waals surface area (Å²) >= 11 is 0. The van der Waals surface area contributed by atoms with E-state index in [1.54, 1.807) is 12.3 Å². The maximum atomic E-state index is 14.7. The van der Waals surface area contributed by atoms with Crippen LogP contribution in [-0.2, 0) is 31.9 Å². The number of para-hydroxylation sites is 2. The van der Waals surface area contributed by atoms with E-state index in [9.17, 15) is 4.39 Å². The monoisotopic (exact) mass is 1130 g/mol. The average Bonchev–Trinajstić information content (AvgIpc) is 3.89. The first-order valence-corrected chi connectivity index (χ1v) is 27.6. The molecule has 7 aromatic carbocycles. The molecule has 0 aliphatic heterocycles. The summed E-state index contributed by atoms with van der Waals surface area (Å²) in [5.74, 6) is 0.826. The van der Waals surface area contributed by atoms with E-state index in [0.29, 0.717) is 17.4 Å². The molecule has 70 heavy (non-hydrogen) atoms. The number of aryl methyl sites for hydroxylation is 1. The van der Waals surface area contributed by atoms with E-state index in [1.807, 2.05) is 26.8 Å². The van der Waals surface area contributed by atoms with Gasteiger partial charge in [0.1, 0.15) is 5.58 Å². The Morgan fingerprint density at radius 2 is 1.41 bits per heavy atom. The van der Waals surface area contributed by atoms with Crippen LogP contribution in [0.1, 0.15) is 116 Å². The molecule has 3 aromatic heterocycles. The quantitative estimate of drug-likeness (QED) is 0.0907. The minimum atomic E-state index is -2.42. The van der Waals surface area contributed by atoms with E-state index in [1.165, 1.54) is 50.0 Å². The van der Waals surface area contributed by atoms with Crippen molar-refractivity contribution < 1.29 is 35.8 Å². The topological polar surface area (TPSA) is 43.9 Å². The van der Waals surface area contributed by atoms with Crippen LogP contribution in [0.2, 0.25) is 19.6 Å². The summed E-state index contributed by atoms with van der Waals surface area (Å²) in [7, 11) is -1.92. The predicted octanol–water partition coefficient (Wildman–Crippen LogP) is 17.4. The number of imidazole rings is 1. The van der Waals surface area contributed by atoms with Crippen molar-refractivity contribution in [2.75, 3.05) is 0 Å². The molecule has 0 N–H and O–H groups in total. The van der Waals surface area contributed by atoms with Crippen molar-refractivity contribution in [3.63, 3.8) is 0 Å². The van der Waals surface area contributed by atoms with Gasteiger partial charge in [0.2, 0.25) is 0 Å². The standard InChI is InChI=1S/C43H39N2O.C20H27FNSi.Ir/c1-25(2)32-22-30(43(5,6)7)23-33(26(3)4)41(32)45-38-15-11-10-14-37(38)44-42(45)29-18-19-39-35(20-29)36-24-34-28(21-40(36)46-39)17-16-27-12-8-9-13-31(27)34;1-14-8-9-16(17(21)10-14)18-11-15(12-20(2,3)4)19(13-22-18)23(5,6)7;/h8-17,19-26H,1-7H3;8,10-11,13H,12H2,1-7H3;/q2*-1;/i;1D3,12D2;. The molecule has 10 aromatic rings. The normalized spacial score (nSPS) is 13.9. The van der Waals surface area contributed by atoms with E-state index in [4.69, 9.17) is 16.3 Å². The van der Waals surface area contributed by atoms with Crippen molar-refractivity contribution in [3.8, 4) is 28.3 Å². The Hall–Kier alpha value is -5.72. The van der Waals surface area contributed by atoms with Crippen molar-refractivity contribution in [3.05, 3.63) is 167 Å². The summed E-state index contributed by atoms with van der Waals surface area (Å²) in [4.78, 5) is 9.68. The molecular weight excluding hydrogens is 1050 g/mol. The molecule has 7 heteroatoms. The van der Waals surface area contributed by atoms with Crippen molar-refractivity contribution >= 4 is 67.8 Å². The van der Waals surface area contributed by atoms with Crippen LogP contribution in [0, 0.1) is 30.2 Å². The number of nitrogens with zero attached hydrogens (tertiary/aromatic N) is 3. The number of benzene rings is 7. The van der Waals surface area contributed by atoms with Gasteiger partial charge >= 0.3 is 0 Å². The first kappa shape index (κ1) is 44.2. The zero-order valence-electron chi connectivity index (χ0n) is 47.7. The summed E-state index contributed by atoms with van der Waals surface area (Å²) in [6.45, 7) is 25.6. The van der Waals surface area contributed by atoms with Crippen LogP contribution in [0.4, 0.5) is 4.39 Å². The minimum absolute atomic E-state index is 0. The molecule has 361 valence electrons. The van der Waals surface area contributed by atoms with Gasteiger partial charge in [-0.15, -0.1) is 47.5 Å². The summed E-state index contributed by atoms with van der Waals surface area (Å²) in [6.07, 6.45) is -0.0131. The van der Waals surface area contributed by atoms with Crippen LogP contribution >= 0.6 is 0 Å². The number of furan rings is 1. The van der Waals surface area contributed by atoms with Crippen LogP contribution < -0.4 is 5.19 Å². The number of rotatable bonds is 7. The maximum Gasteiger partial charge on any atom is 0.121 e. The van der Waals surface area contributed by atoms with Gasteiger partial charge in [-0.3, -0.25) is 9.37 Å². The molecule has 3 heterocycles. The smallest absolute Gasteiger partial charge is 0.121 e. The second-order valence-electron chi connectivity index (χ2n) is 22.3. The number of pyridine rings is 1. The molecule has 0 bridgehead atoms. The van der Waals surface area contributed by atoms with Gasteiger partial charge in [-0.2, -0.15) is 0 Å². The van der Waals surface area contributed by atoms with E-state index in [2.05, 4.69) is 181 Å². The fourth-order valence-electron chi connectivity index (χ4n) is 9.40. The molecule has 0 amide bonds. The third-order valence-corrected chi connectivity index (χ3v) is 15.0. The van der Waals surface area contributed by atoms with Crippen molar-refractivity contribution in [1.29, 1.82) is 0 Å². The molecule has 0 aliphatic rings. The molecule has 10 rings (SSSR count). The van der Waals surface area contributed by atoms with Gasteiger partial charge in [0, 0.05) is 50.0 Å². The Kier molecular flexibility index (Phi) is 12.1. The molecule has 0 aliphatic carbocycles. The van der Waals surface area contributed by atoms with Gasteiger partial charge in [-0.25, -0.2) is 0 Å². The Bertz CT molecular complexity index is 3770. The van der Waals surface area contributed by atoms with Gasteiger partial charge in [0.25, 0.3) is 0 Å². The molecule has 0 saturated heterocycles. The molecule has 0 atom stereocenters. The third-order valence-electron chi connectivity index (χ3n) is 12.9. The van der Waals surface area contributed by atoms with E-state index in [0.717, 1.165) is 55.6 Å². The largest absolute Gasteiger partial charge is 0.500 e. The van der Waals surface area contributed by atoms with Crippen molar-refractivity contribution in [2.45, 2.75) is 119 Å². The van der Waals surface area contributed by atoms with Gasteiger partial charge in [-0.05, 0) is 102 Å². The number of hydrogen-bond acceptors (Lipinski definition) is 3. The summed E-state index contributed by atoms with van der Waals surface area (Å²) in [5.41, 5.74) is 10.1. The molecule has 0 saturated carbocycles. The molecule has 4 nitrogen and oxygen atoms in total. The first-order chi connectivity index (χ1) is 34.5. The fourth-order valence-corrected chi connectivity index (χ4v) is 10.8. The summed E-state index contributed by atoms with van der Waals surface area (Å²) in [5, 5.41) is 7.97. The minimum Gasteiger partial charge on any atom is -0.500 e. The zero-order chi connectivity index (χ0) is 53.6. The second-order valence-corrected chi connectivity index (χ2v) is 27.3. The van der Waals surface area contributed by atoms with Gasteiger partial charge < -0.3 is 14.0 Å². The van der Waals surface area contributed by atoms with Crippen LogP contribution in [0.3, 0.4) is 0 Å². The van der Waals surface area contributed by atoms with Crippen LogP contribution in [0.15, 0.2) is 126 Å². The predicted molar refractivity (Wildman–Crippen MR) is 294 cm³/mol. The Labute approximate surface area is 436 Å². The van der Waals surface area contributed by atoms with Crippen LogP contribution in [0.5, 0.6) is 0 Å². The van der Waals surface area contributed by atoms with E-state index < -0.39 is 32.5 Å². The van der Waals surface area contributed by atoms with Gasteiger partial charge in [-0.1, -0.05) is 179 Å². The van der Waals surface area contributed by atoms with Gasteiger partial charge in [0.05, 0.1) is 30.5 Å². The Balaban J connectivity index is 0.000000223. The van der Waals surface area contributed by atoms with Gasteiger partial charge in [0.15, 0.2) is 0 Å². The number of halogens is 1. The SMILES string of the molecule is CC(C)c1cc(C(C)(C)C)cc(C(C)C)c1-n1c(-c2[c-]cc3oc4cc5ccc6ccccc6c5cc4c3c2)nc2ccccc21.[2H]C([2H])([2H])c1c[c-]c(-c2cc(C([2H])([2H])C(C)(C)C)c([Si](C)(C)C)cn2)c(F)c1.[Ir]. The van der Waals surface area contributed by atoms with Crippen LogP contribution in [-0.4, -0.2) is 22.6 Å². The summed E-state index contributed by atoms with van der Waals surface area (Å²) in [6, 6.07) is 45.1. The fraction of sp³-hybridized carbons (Fsp3) is 0.302. The molecule has 0 unspecified atom stereocenters. The van der Waals surface area contributed by atoms with E-state index in [-0.39, 0.29) is 42.3 Å². The Morgan fingerprint density at radius 1 is 0.743 bits per heavy atom. The van der Waals surface area contributed by atoms with Crippen molar-refractivity contribution in [1.82, 2.24) is 14.5 Å². The molecular formula is C63H66FIrN3OSi-2. The molecule has 0 fully saturated rings. The maximum absolute atomic E-state index is 14.7. The van der Waals surface area contributed by atoms with Crippen molar-refractivity contribution in [2.24, 2.45) is 5.41 Å². The summed E-state index contributed by atoms with van der Waals surface area (Å²) < 4.78 is 63.2. The first-order valence-electron chi connectivity index (χ1n) is 26.6. The average molecular weight is 1130 g/mol. The molecule has 0 spiro atoms. The second kappa shape index (κ2) is 19.1.